The molecule has 0 spiro atoms. The molecule has 0 aliphatic heterocycles. The Morgan fingerprint density at radius 1 is 1.38 bits per heavy atom. The summed E-state index contributed by atoms with van der Waals surface area (Å²) in [6.45, 7) is 5.22. The first-order chi connectivity index (χ1) is 6.13. The van der Waals surface area contributed by atoms with Crippen LogP contribution >= 0.6 is 11.8 Å². The van der Waals surface area contributed by atoms with Gasteiger partial charge in [-0.1, -0.05) is 0 Å². The van der Waals surface area contributed by atoms with Crippen LogP contribution in [0.25, 0.3) is 0 Å². The van der Waals surface area contributed by atoms with Crippen LogP contribution in [0.4, 0.5) is 0 Å². The van der Waals surface area contributed by atoms with Gasteiger partial charge in [0.1, 0.15) is 0 Å². The minimum Gasteiger partial charge on any atom is -0.329 e. The van der Waals surface area contributed by atoms with E-state index in [0.29, 0.717) is 12.1 Å². The number of nitrogens with two attached hydrogens (primary N) is 1. The third-order valence-electron chi connectivity index (χ3n) is 2.55. The van der Waals surface area contributed by atoms with E-state index in [1.54, 1.807) is 0 Å². The Morgan fingerprint density at radius 3 is 2.38 bits per heavy atom. The van der Waals surface area contributed by atoms with E-state index >= 15 is 0 Å². The van der Waals surface area contributed by atoms with Gasteiger partial charge >= 0.3 is 0 Å². The largest absolute Gasteiger partial charge is 0.329 e. The van der Waals surface area contributed by atoms with Gasteiger partial charge in [0.2, 0.25) is 0 Å². The maximum absolute atomic E-state index is 5.75. The van der Waals surface area contributed by atoms with Crippen LogP contribution in [0, 0.1) is 0 Å². The zero-order valence-electron chi connectivity index (χ0n) is 9.42. The Balaban J connectivity index is 3.73. The molecule has 0 aromatic heterocycles. The smallest absolute Gasteiger partial charge is 0.0218 e. The van der Waals surface area contributed by atoms with Crippen molar-refractivity contribution >= 4 is 11.8 Å². The molecule has 0 aromatic carbocycles. The Kier molecular flexibility index (Phi) is 7.81. The van der Waals surface area contributed by atoms with Gasteiger partial charge in [0.05, 0.1) is 0 Å². The molecule has 80 valence electrons. The van der Waals surface area contributed by atoms with Gasteiger partial charge in [0, 0.05) is 18.6 Å². The molecule has 0 saturated carbocycles. The minimum atomic E-state index is 0.562. The summed E-state index contributed by atoms with van der Waals surface area (Å²) in [6, 6.07) is 1.16. The van der Waals surface area contributed by atoms with Crippen molar-refractivity contribution in [2.75, 3.05) is 25.6 Å². The molecule has 0 heterocycles. The molecule has 0 radical (unpaired) electrons. The van der Waals surface area contributed by atoms with Crippen molar-refractivity contribution in [3.8, 4) is 0 Å². The van der Waals surface area contributed by atoms with Gasteiger partial charge in [0.25, 0.3) is 0 Å². The van der Waals surface area contributed by atoms with Gasteiger partial charge in [0.15, 0.2) is 0 Å². The Hall–Kier alpha value is 0.270. The number of nitrogens with zero attached hydrogens (tertiary/aromatic N) is 1. The molecule has 0 aromatic rings. The van der Waals surface area contributed by atoms with E-state index in [0.717, 1.165) is 6.54 Å². The molecule has 1 unspecified atom stereocenters. The van der Waals surface area contributed by atoms with Crippen molar-refractivity contribution < 1.29 is 0 Å². The molecule has 0 saturated heterocycles. The predicted octanol–water partition coefficient (Wildman–Crippen LogP) is 1.80. The summed E-state index contributed by atoms with van der Waals surface area (Å²) in [6.07, 6.45) is 4.66. The number of likely N-dealkylation sites (N-methyl/N-ethyl adjacent to an activating group) is 1. The predicted molar refractivity (Wildman–Crippen MR) is 63.4 cm³/mol. The summed E-state index contributed by atoms with van der Waals surface area (Å²) >= 11 is 1.91. The second-order valence-corrected chi connectivity index (χ2v) is 4.77. The fraction of sp³-hybridized carbons (Fsp3) is 1.00. The van der Waals surface area contributed by atoms with Gasteiger partial charge in [-0.05, 0) is 45.7 Å². The van der Waals surface area contributed by atoms with Crippen LogP contribution in [0.2, 0.25) is 0 Å². The first-order valence-corrected chi connectivity index (χ1v) is 6.43. The van der Waals surface area contributed by atoms with Crippen molar-refractivity contribution in [3.05, 3.63) is 0 Å². The summed E-state index contributed by atoms with van der Waals surface area (Å²) in [5, 5.41) is 0. The molecule has 3 heteroatoms. The van der Waals surface area contributed by atoms with E-state index < -0.39 is 0 Å². The standard InChI is InChI=1S/C10H24N2S/c1-9(2)12(3)10(8-11)6-5-7-13-4/h9-10H,5-8,11H2,1-4H3. The van der Waals surface area contributed by atoms with Crippen LogP contribution in [-0.2, 0) is 0 Å². The van der Waals surface area contributed by atoms with Gasteiger partial charge < -0.3 is 5.73 Å². The molecule has 0 fully saturated rings. The highest BCUT2D eigenvalue weighted by Crippen LogP contribution is 2.09. The highest BCUT2D eigenvalue weighted by atomic mass is 32.2. The Bertz CT molecular complexity index is 117. The van der Waals surface area contributed by atoms with Crippen LogP contribution in [0.3, 0.4) is 0 Å². The van der Waals surface area contributed by atoms with E-state index in [1.165, 1.54) is 18.6 Å². The second kappa shape index (κ2) is 7.65. The summed E-state index contributed by atoms with van der Waals surface area (Å²) in [4.78, 5) is 2.38. The maximum Gasteiger partial charge on any atom is 0.0218 e. The van der Waals surface area contributed by atoms with E-state index in [9.17, 15) is 0 Å². The highest BCUT2D eigenvalue weighted by molar-refractivity contribution is 7.98. The number of hydrogen-bond donors (Lipinski definition) is 1. The lowest BCUT2D eigenvalue weighted by Crippen LogP contribution is -2.41. The van der Waals surface area contributed by atoms with Crippen LogP contribution in [-0.4, -0.2) is 42.6 Å². The van der Waals surface area contributed by atoms with Gasteiger partial charge in [-0.15, -0.1) is 0 Å². The Morgan fingerprint density at radius 2 is 2.00 bits per heavy atom. The van der Waals surface area contributed by atoms with Crippen LogP contribution in [0.5, 0.6) is 0 Å². The molecule has 1 atom stereocenters. The first-order valence-electron chi connectivity index (χ1n) is 5.04. The fourth-order valence-electron chi connectivity index (χ4n) is 1.37. The monoisotopic (exact) mass is 204 g/mol. The first kappa shape index (κ1) is 13.3. The molecule has 2 nitrogen and oxygen atoms in total. The third kappa shape index (κ3) is 5.55. The molecule has 2 N–H and O–H groups in total. The number of hydrogen-bond acceptors (Lipinski definition) is 3. The zero-order chi connectivity index (χ0) is 10.3. The summed E-state index contributed by atoms with van der Waals surface area (Å²) in [5.41, 5.74) is 5.75. The lowest BCUT2D eigenvalue weighted by Gasteiger charge is -2.30. The lowest BCUT2D eigenvalue weighted by atomic mass is 10.1. The molecule has 13 heavy (non-hydrogen) atoms. The molecule has 0 rings (SSSR count). The van der Waals surface area contributed by atoms with Crippen LogP contribution < -0.4 is 5.73 Å². The van der Waals surface area contributed by atoms with Crippen molar-refractivity contribution in [1.82, 2.24) is 4.90 Å². The van der Waals surface area contributed by atoms with E-state index in [1.807, 2.05) is 11.8 Å². The van der Waals surface area contributed by atoms with Crippen molar-refractivity contribution in [1.29, 1.82) is 0 Å². The summed E-state index contributed by atoms with van der Waals surface area (Å²) in [5.74, 6) is 1.25. The minimum absolute atomic E-state index is 0.562. The maximum atomic E-state index is 5.75. The molecule has 0 bridgehead atoms. The fourth-order valence-corrected chi connectivity index (χ4v) is 1.83. The average molecular weight is 204 g/mol. The number of rotatable bonds is 7. The van der Waals surface area contributed by atoms with E-state index in [-0.39, 0.29) is 0 Å². The topological polar surface area (TPSA) is 29.3 Å². The molecule has 0 aliphatic carbocycles. The van der Waals surface area contributed by atoms with E-state index in [4.69, 9.17) is 5.73 Å². The molecular formula is C10H24N2S. The van der Waals surface area contributed by atoms with Crippen LogP contribution in [0.1, 0.15) is 26.7 Å². The molecule has 0 aliphatic rings. The van der Waals surface area contributed by atoms with Gasteiger partial charge in [-0.25, -0.2) is 0 Å². The van der Waals surface area contributed by atoms with Crippen molar-refractivity contribution in [2.45, 2.75) is 38.8 Å². The highest BCUT2D eigenvalue weighted by Gasteiger charge is 2.14. The Labute approximate surface area is 87.2 Å². The lowest BCUT2D eigenvalue weighted by molar-refractivity contribution is 0.189. The summed E-state index contributed by atoms with van der Waals surface area (Å²) in [7, 11) is 2.17. The molecule has 0 amide bonds. The van der Waals surface area contributed by atoms with E-state index in [2.05, 4.69) is 32.1 Å². The second-order valence-electron chi connectivity index (χ2n) is 3.78. The zero-order valence-corrected chi connectivity index (χ0v) is 10.2. The quantitative estimate of drug-likeness (QED) is 0.641. The van der Waals surface area contributed by atoms with Gasteiger partial charge in [-0.3, -0.25) is 4.90 Å². The SMILES string of the molecule is CSCCCC(CN)N(C)C(C)C. The summed E-state index contributed by atoms with van der Waals surface area (Å²) < 4.78 is 0. The third-order valence-corrected chi connectivity index (χ3v) is 3.25. The van der Waals surface area contributed by atoms with Crippen molar-refractivity contribution in [2.24, 2.45) is 5.73 Å². The van der Waals surface area contributed by atoms with Crippen molar-refractivity contribution in [3.63, 3.8) is 0 Å². The van der Waals surface area contributed by atoms with Crippen LogP contribution in [0.15, 0.2) is 0 Å². The molecular weight excluding hydrogens is 180 g/mol. The van der Waals surface area contributed by atoms with Gasteiger partial charge in [-0.2, -0.15) is 11.8 Å². The normalized spacial score (nSPS) is 14.1. The average Bonchev–Trinajstić information content (AvgIpc) is 2.11. The number of thioether (sulfide) groups is 1.